The Hall–Kier alpha value is -2.00. The first-order chi connectivity index (χ1) is 11.5. The van der Waals surface area contributed by atoms with Crippen molar-refractivity contribution in [2.75, 3.05) is 26.1 Å². The molecule has 0 radical (unpaired) electrons. The predicted octanol–water partition coefficient (Wildman–Crippen LogP) is 3.16. The number of methoxy groups -OCH3 is 2. The smallest absolute Gasteiger partial charge is 0.319 e. The number of para-hydroxylation sites is 1. The van der Waals surface area contributed by atoms with Crippen LogP contribution in [0.2, 0.25) is 0 Å². The average Bonchev–Trinajstić information content (AvgIpc) is 2.61. The molecule has 0 saturated heterocycles. The number of nitrogens with one attached hydrogen (secondary N) is 2. The molecule has 128 valence electrons. The summed E-state index contributed by atoms with van der Waals surface area (Å²) in [5, 5.41) is 15.7. The number of benzene rings is 2. The zero-order valence-corrected chi connectivity index (χ0v) is 15.5. The summed E-state index contributed by atoms with van der Waals surface area (Å²) < 4.78 is 11.3. The molecule has 6 nitrogen and oxygen atoms in total. The minimum atomic E-state index is -0.921. The molecule has 2 amide bonds. The zero-order chi connectivity index (χ0) is 17.5. The summed E-state index contributed by atoms with van der Waals surface area (Å²) in [7, 11) is 3.07. The largest absolute Gasteiger partial charge is 0.497 e. The first-order valence-electron chi connectivity index (χ1n) is 7.24. The highest BCUT2D eigenvalue weighted by Gasteiger charge is 2.16. The lowest BCUT2D eigenvalue weighted by Crippen LogP contribution is -2.32. The summed E-state index contributed by atoms with van der Waals surface area (Å²) in [5.74, 6) is 1.14. The summed E-state index contributed by atoms with van der Waals surface area (Å²) >= 11 is 2.14. The van der Waals surface area contributed by atoms with Gasteiger partial charge in [-0.2, -0.15) is 0 Å². The van der Waals surface area contributed by atoms with Gasteiger partial charge in [0.05, 0.1) is 19.9 Å². The number of halogens is 1. The van der Waals surface area contributed by atoms with Crippen molar-refractivity contribution >= 4 is 34.3 Å². The van der Waals surface area contributed by atoms with E-state index < -0.39 is 6.10 Å². The van der Waals surface area contributed by atoms with Crippen molar-refractivity contribution in [3.63, 3.8) is 0 Å². The Labute approximate surface area is 154 Å². The second-order valence-corrected chi connectivity index (χ2v) is 6.10. The molecule has 0 aliphatic heterocycles. The molecule has 7 heteroatoms. The van der Waals surface area contributed by atoms with Crippen LogP contribution < -0.4 is 20.1 Å². The Kier molecular flexibility index (Phi) is 6.68. The molecule has 0 aromatic heterocycles. The third-order valence-corrected chi connectivity index (χ3v) is 4.31. The Bertz CT molecular complexity index is 709. The van der Waals surface area contributed by atoms with E-state index in [9.17, 15) is 9.90 Å². The fraction of sp³-hybridized carbons (Fsp3) is 0.235. The minimum Gasteiger partial charge on any atom is -0.497 e. The third kappa shape index (κ3) is 4.75. The van der Waals surface area contributed by atoms with E-state index in [0.717, 1.165) is 3.57 Å². The standard InChI is InChI=1S/C17H19IN2O4/c1-23-11-7-8-16(24-2)12(9-11)15(21)10-19-17(22)20-14-6-4-3-5-13(14)18/h3-9,15,21H,10H2,1-2H3,(H2,19,20,22). The second-order valence-electron chi connectivity index (χ2n) is 4.94. The summed E-state index contributed by atoms with van der Waals surface area (Å²) in [6.07, 6.45) is -0.921. The molecule has 1 unspecified atom stereocenters. The maximum absolute atomic E-state index is 12.0. The van der Waals surface area contributed by atoms with Crippen molar-refractivity contribution in [3.8, 4) is 11.5 Å². The molecule has 0 aliphatic carbocycles. The fourth-order valence-electron chi connectivity index (χ4n) is 2.13. The summed E-state index contributed by atoms with van der Waals surface area (Å²) in [6.45, 7) is 0.0404. The molecular weight excluding hydrogens is 423 g/mol. The van der Waals surface area contributed by atoms with Crippen molar-refractivity contribution < 1.29 is 19.4 Å². The van der Waals surface area contributed by atoms with Gasteiger partial charge in [-0.15, -0.1) is 0 Å². The molecule has 0 fully saturated rings. The van der Waals surface area contributed by atoms with Gasteiger partial charge < -0.3 is 25.2 Å². The molecule has 0 spiro atoms. The van der Waals surface area contributed by atoms with Gasteiger partial charge in [-0.05, 0) is 52.9 Å². The SMILES string of the molecule is COc1ccc(OC)c(C(O)CNC(=O)Nc2ccccc2I)c1. The second kappa shape index (κ2) is 8.74. The Morgan fingerprint density at radius 3 is 2.62 bits per heavy atom. The molecule has 24 heavy (non-hydrogen) atoms. The van der Waals surface area contributed by atoms with Gasteiger partial charge in [-0.1, -0.05) is 12.1 Å². The topological polar surface area (TPSA) is 79.8 Å². The van der Waals surface area contributed by atoms with E-state index in [1.165, 1.54) is 7.11 Å². The van der Waals surface area contributed by atoms with Crippen molar-refractivity contribution in [3.05, 3.63) is 51.6 Å². The van der Waals surface area contributed by atoms with Crippen LogP contribution in [0.15, 0.2) is 42.5 Å². The minimum absolute atomic E-state index is 0.0404. The number of amides is 2. The van der Waals surface area contributed by atoms with Crippen molar-refractivity contribution in [2.45, 2.75) is 6.10 Å². The number of carbonyl (C=O) groups excluding carboxylic acids is 1. The maximum atomic E-state index is 12.0. The van der Waals surface area contributed by atoms with Crippen molar-refractivity contribution in [1.29, 1.82) is 0 Å². The van der Waals surface area contributed by atoms with Crippen molar-refractivity contribution in [1.82, 2.24) is 5.32 Å². The van der Waals surface area contributed by atoms with Crippen LogP contribution >= 0.6 is 22.6 Å². The van der Waals surface area contributed by atoms with Gasteiger partial charge in [0.2, 0.25) is 0 Å². The van der Waals surface area contributed by atoms with Crippen LogP contribution in [0.1, 0.15) is 11.7 Å². The molecule has 0 saturated carbocycles. The number of hydrogen-bond donors (Lipinski definition) is 3. The molecule has 1 atom stereocenters. The monoisotopic (exact) mass is 442 g/mol. The van der Waals surface area contributed by atoms with Gasteiger partial charge in [0.1, 0.15) is 17.6 Å². The number of aliphatic hydroxyl groups excluding tert-OH is 1. The highest BCUT2D eigenvalue weighted by atomic mass is 127. The molecule has 0 bridgehead atoms. The Balaban J connectivity index is 1.99. The van der Waals surface area contributed by atoms with Gasteiger partial charge in [0.15, 0.2) is 0 Å². The van der Waals surface area contributed by atoms with Crippen LogP contribution in [0.3, 0.4) is 0 Å². The first kappa shape index (κ1) is 18.3. The van der Waals surface area contributed by atoms with E-state index in [-0.39, 0.29) is 12.6 Å². The lowest BCUT2D eigenvalue weighted by Gasteiger charge is -2.17. The van der Waals surface area contributed by atoms with Gasteiger partial charge in [-0.3, -0.25) is 0 Å². The summed E-state index contributed by atoms with van der Waals surface area (Å²) in [4.78, 5) is 12.0. The highest BCUT2D eigenvalue weighted by molar-refractivity contribution is 14.1. The number of aliphatic hydroxyl groups is 1. The molecule has 0 heterocycles. The third-order valence-electron chi connectivity index (χ3n) is 3.37. The van der Waals surface area contributed by atoms with E-state index in [2.05, 4.69) is 33.2 Å². The quantitative estimate of drug-likeness (QED) is 0.601. The number of carbonyl (C=O) groups is 1. The molecular formula is C17H19IN2O4. The zero-order valence-electron chi connectivity index (χ0n) is 13.4. The fourth-order valence-corrected chi connectivity index (χ4v) is 2.65. The first-order valence-corrected chi connectivity index (χ1v) is 8.32. The lowest BCUT2D eigenvalue weighted by atomic mass is 10.1. The molecule has 3 N–H and O–H groups in total. The normalized spacial score (nSPS) is 11.5. The van der Waals surface area contributed by atoms with Crippen LogP contribution in [0.25, 0.3) is 0 Å². The average molecular weight is 442 g/mol. The van der Waals surface area contributed by atoms with Gasteiger partial charge in [0, 0.05) is 15.7 Å². The highest BCUT2D eigenvalue weighted by Crippen LogP contribution is 2.29. The van der Waals surface area contributed by atoms with Gasteiger partial charge in [-0.25, -0.2) is 4.79 Å². The van der Waals surface area contributed by atoms with Gasteiger partial charge in [0.25, 0.3) is 0 Å². The molecule has 0 aliphatic rings. The van der Waals surface area contributed by atoms with E-state index >= 15 is 0 Å². The lowest BCUT2D eigenvalue weighted by molar-refractivity contribution is 0.170. The number of hydrogen-bond acceptors (Lipinski definition) is 4. The van der Waals surface area contributed by atoms with Crippen LogP contribution in [-0.4, -0.2) is 31.9 Å². The van der Waals surface area contributed by atoms with E-state index in [4.69, 9.17) is 9.47 Å². The predicted molar refractivity (Wildman–Crippen MR) is 101 cm³/mol. The van der Waals surface area contributed by atoms with Crippen LogP contribution in [0.4, 0.5) is 10.5 Å². The summed E-state index contributed by atoms with van der Waals surface area (Å²) in [5.41, 5.74) is 1.26. The van der Waals surface area contributed by atoms with E-state index in [1.807, 2.05) is 24.3 Å². The number of anilines is 1. The van der Waals surface area contributed by atoms with Gasteiger partial charge >= 0.3 is 6.03 Å². The Morgan fingerprint density at radius 1 is 1.21 bits per heavy atom. The number of rotatable bonds is 6. The van der Waals surface area contributed by atoms with Crippen LogP contribution in [0.5, 0.6) is 11.5 Å². The number of urea groups is 1. The molecule has 2 aromatic rings. The van der Waals surface area contributed by atoms with E-state index in [0.29, 0.717) is 22.7 Å². The van der Waals surface area contributed by atoms with E-state index in [1.54, 1.807) is 25.3 Å². The summed E-state index contributed by atoms with van der Waals surface area (Å²) in [6, 6.07) is 12.2. The van der Waals surface area contributed by atoms with Crippen molar-refractivity contribution in [2.24, 2.45) is 0 Å². The number of ether oxygens (including phenoxy) is 2. The molecule has 2 aromatic carbocycles. The van der Waals surface area contributed by atoms with Crippen LogP contribution in [0, 0.1) is 3.57 Å². The maximum Gasteiger partial charge on any atom is 0.319 e. The molecule has 2 rings (SSSR count). The van der Waals surface area contributed by atoms with Crippen LogP contribution in [-0.2, 0) is 0 Å². The Morgan fingerprint density at radius 2 is 1.96 bits per heavy atom.